The molecule has 1 rings (SSSR count). The summed E-state index contributed by atoms with van der Waals surface area (Å²) in [5.74, 6) is -0.0123. The minimum atomic E-state index is -3.05. The van der Waals surface area contributed by atoms with Gasteiger partial charge in [0.15, 0.2) is 9.84 Å². The zero-order valence-electron chi connectivity index (χ0n) is 10.2. The predicted molar refractivity (Wildman–Crippen MR) is 65.1 cm³/mol. The molecule has 0 radical (unpaired) electrons. The van der Waals surface area contributed by atoms with Gasteiger partial charge in [-0.2, -0.15) is 0 Å². The summed E-state index contributed by atoms with van der Waals surface area (Å²) >= 11 is 0. The molecule has 94 valence electrons. The van der Waals surface area contributed by atoms with Crippen molar-refractivity contribution < 1.29 is 13.5 Å². The molecule has 0 aromatic rings. The number of allylic oxidation sites excluding steroid dienone is 1. The van der Waals surface area contributed by atoms with Gasteiger partial charge in [-0.3, -0.25) is 4.90 Å². The van der Waals surface area contributed by atoms with Crippen LogP contribution in [-0.2, 0) is 9.84 Å². The fraction of sp³-hybridized carbons (Fsp3) is 0.818. The van der Waals surface area contributed by atoms with Crippen molar-refractivity contribution in [3.05, 3.63) is 11.6 Å². The number of aliphatic hydroxyl groups is 1. The Morgan fingerprint density at radius 2 is 2.06 bits per heavy atom. The van der Waals surface area contributed by atoms with Gasteiger partial charge < -0.3 is 5.11 Å². The standard InChI is InChI=1S/C11H21NO3S/c1-4-12(6-5-9(2)3)10-7-16(14,15)8-11(10)13/h5,10-11,13H,4,6-8H2,1-3H3/t10-,11-/m1/s1. The minimum absolute atomic E-state index is 0.0820. The summed E-state index contributed by atoms with van der Waals surface area (Å²) < 4.78 is 22.8. The minimum Gasteiger partial charge on any atom is -0.390 e. The van der Waals surface area contributed by atoms with Crippen molar-refractivity contribution >= 4 is 9.84 Å². The van der Waals surface area contributed by atoms with Gasteiger partial charge in [0.1, 0.15) is 0 Å². The highest BCUT2D eigenvalue weighted by Gasteiger charge is 2.39. The van der Waals surface area contributed by atoms with E-state index in [0.717, 1.165) is 6.54 Å². The molecule has 1 saturated heterocycles. The van der Waals surface area contributed by atoms with Crippen molar-refractivity contribution in [2.75, 3.05) is 24.6 Å². The molecule has 0 bridgehead atoms. The van der Waals surface area contributed by atoms with Crippen LogP contribution in [0, 0.1) is 0 Å². The third-order valence-electron chi connectivity index (χ3n) is 2.90. The summed E-state index contributed by atoms with van der Waals surface area (Å²) in [4.78, 5) is 2.02. The van der Waals surface area contributed by atoms with E-state index < -0.39 is 15.9 Å². The first-order valence-corrected chi connectivity index (χ1v) is 7.43. The maximum Gasteiger partial charge on any atom is 0.154 e. The lowest BCUT2D eigenvalue weighted by Gasteiger charge is -2.27. The van der Waals surface area contributed by atoms with E-state index >= 15 is 0 Å². The average molecular weight is 247 g/mol. The van der Waals surface area contributed by atoms with Crippen LogP contribution in [0.3, 0.4) is 0 Å². The van der Waals surface area contributed by atoms with Gasteiger partial charge in [-0.25, -0.2) is 8.42 Å². The zero-order chi connectivity index (χ0) is 12.3. The second-order valence-corrected chi connectivity index (χ2v) is 6.73. The third kappa shape index (κ3) is 3.57. The molecular weight excluding hydrogens is 226 g/mol. The summed E-state index contributed by atoms with van der Waals surface area (Å²) in [7, 11) is -3.05. The van der Waals surface area contributed by atoms with Crippen molar-refractivity contribution in [2.24, 2.45) is 0 Å². The Balaban J connectivity index is 2.71. The third-order valence-corrected chi connectivity index (χ3v) is 4.60. The smallest absolute Gasteiger partial charge is 0.154 e. The van der Waals surface area contributed by atoms with Gasteiger partial charge in [0.05, 0.1) is 23.7 Å². The Labute approximate surface area is 97.9 Å². The molecule has 1 heterocycles. The van der Waals surface area contributed by atoms with E-state index in [1.807, 2.05) is 25.7 Å². The Hall–Kier alpha value is -0.390. The van der Waals surface area contributed by atoms with Gasteiger partial charge in [-0.15, -0.1) is 0 Å². The van der Waals surface area contributed by atoms with Gasteiger partial charge in [0, 0.05) is 6.54 Å². The van der Waals surface area contributed by atoms with E-state index in [0.29, 0.717) is 6.54 Å². The number of sulfone groups is 1. The maximum atomic E-state index is 11.4. The Morgan fingerprint density at radius 1 is 1.44 bits per heavy atom. The highest BCUT2D eigenvalue weighted by Crippen LogP contribution is 2.18. The molecule has 1 aliphatic heterocycles. The second kappa shape index (κ2) is 5.29. The molecule has 0 aromatic carbocycles. The lowest BCUT2D eigenvalue weighted by molar-refractivity contribution is 0.0939. The van der Waals surface area contributed by atoms with Crippen LogP contribution in [0.15, 0.2) is 11.6 Å². The molecule has 1 aliphatic rings. The molecule has 5 heteroatoms. The highest BCUT2D eigenvalue weighted by molar-refractivity contribution is 7.91. The van der Waals surface area contributed by atoms with Gasteiger partial charge >= 0.3 is 0 Å². The van der Waals surface area contributed by atoms with Gasteiger partial charge in [0.25, 0.3) is 0 Å². The second-order valence-electron chi connectivity index (χ2n) is 4.58. The van der Waals surface area contributed by atoms with Crippen molar-refractivity contribution in [1.29, 1.82) is 0 Å². The normalized spacial score (nSPS) is 28.3. The number of aliphatic hydroxyl groups excluding tert-OH is 1. The van der Waals surface area contributed by atoms with Gasteiger partial charge in [-0.05, 0) is 20.4 Å². The van der Waals surface area contributed by atoms with Crippen LogP contribution in [0.5, 0.6) is 0 Å². The van der Waals surface area contributed by atoms with Gasteiger partial charge in [-0.1, -0.05) is 18.6 Å². The van der Waals surface area contributed by atoms with E-state index in [9.17, 15) is 13.5 Å². The van der Waals surface area contributed by atoms with Crippen molar-refractivity contribution in [1.82, 2.24) is 4.90 Å². The fourth-order valence-electron chi connectivity index (χ4n) is 1.96. The van der Waals surface area contributed by atoms with E-state index in [2.05, 4.69) is 6.08 Å². The first-order valence-electron chi connectivity index (χ1n) is 5.61. The van der Waals surface area contributed by atoms with E-state index in [1.54, 1.807) is 0 Å². The molecule has 0 aromatic heterocycles. The number of nitrogens with zero attached hydrogens (tertiary/aromatic N) is 1. The Morgan fingerprint density at radius 3 is 2.44 bits per heavy atom. The van der Waals surface area contributed by atoms with Crippen LogP contribution in [0.1, 0.15) is 20.8 Å². The number of hydrogen-bond donors (Lipinski definition) is 1. The first-order chi connectivity index (χ1) is 7.35. The van der Waals surface area contributed by atoms with Crippen LogP contribution in [0.25, 0.3) is 0 Å². The van der Waals surface area contributed by atoms with E-state index in [-0.39, 0.29) is 17.5 Å². The molecule has 4 nitrogen and oxygen atoms in total. The van der Waals surface area contributed by atoms with Crippen LogP contribution >= 0.6 is 0 Å². The number of likely N-dealkylation sites (N-methyl/N-ethyl adjacent to an activating group) is 1. The molecule has 1 fully saturated rings. The molecule has 0 amide bonds. The van der Waals surface area contributed by atoms with E-state index in [4.69, 9.17) is 0 Å². The quantitative estimate of drug-likeness (QED) is 0.732. The summed E-state index contributed by atoms with van der Waals surface area (Å²) in [5.41, 5.74) is 1.20. The van der Waals surface area contributed by atoms with Gasteiger partial charge in [0.2, 0.25) is 0 Å². The topological polar surface area (TPSA) is 57.6 Å². The SMILES string of the molecule is CCN(CC=C(C)C)[C@@H]1CS(=O)(=O)C[C@H]1O. The molecule has 0 unspecified atom stereocenters. The molecule has 0 saturated carbocycles. The monoisotopic (exact) mass is 247 g/mol. The fourth-order valence-corrected chi connectivity index (χ4v) is 3.79. The zero-order valence-corrected chi connectivity index (χ0v) is 11.0. The molecule has 0 aliphatic carbocycles. The van der Waals surface area contributed by atoms with Crippen molar-refractivity contribution in [3.63, 3.8) is 0 Å². The molecule has 16 heavy (non-hydrogen) atoms. The van der Waals surface area contributed by atoms with Crippen LogP contribution in [0.2, 0.25) is 0 Å². The lowest BCUT2D eigenvalue weighted by atomic mass is 10.1. The Bertz CT molecular complexity index is 357. The van der Waals surface area contributed by atoms with E-state index in [1.165, 1.54) is 5.57 Å². The van der Waals surface area contributed by atoms with Crippen molar-refractivity contribution in [2.45, 2.75) is 32.9 Å². The lowest BCUT2D eigenvalue weighted by Crippen LogP contribution is -2.43. The van der Waals surface area contributed by atoms with Crippen LogP contribution in [-0.4, -0.2) is 55.2 Å². The summed E-state index contributed by atoms with van der Waals surface area (Å²) in [5, 5.41) is 9.75. The highest BCUT2D eigenvalue weighted by atomic mass is 32.2. The van der Waals surface area contributed by atoms with Crippen LogP contribution < -0.4 is 0 Å². The van der Waals surface area contributed by atoms with Crippen molar-refractivity contribution in [3.8, 4) is 0 Å². The molecule has 0 spiro atoms. The average Bonchev–Trinajstić information content (AvgIpc) is 2.41. The molecule has 2 atom stereocenters. The molecule has 1 N–H and O–H groups in total. The molecular formula is C11H21NO3S. The van der Waals surface area contributed by atoms with Crippen LogP contribution in [0.4, 0.5) is 0 Å². The first kappa shape index (κ1) is 13.7. The number of rotatable bonds is 4. The number of hydrogen-bond acceptors (Lipinski definition) is 4. The Kier molecular flexibility index (Phi) is 4.52. The summed E-state index contributed by atoms with van der Waals surface area (Å²) in [6.45, 7) is 7.46. The summed E-state index contributed by atoms with van der Waals surface area (Å²) in [6, 6.07) is -0.245. The summed E-state index contributed by atoms with van der Waals surface area (Å²) in [6.07, 6.45) is 1.32. The largest absolute Gasteiger partial charge is 0.390 e. The predicted octanol–water partition coefficient (Wildman–Crippen LogP) is 0.432. The maximum absolute atomic E-state index is 11.4.